The molecule has 0 aliphatic heterocycles. The van der Waals surface area contributed by atoms with Gasteiger partial charge in [0.25, 0.3) is 0 Å². The first-order valence-corrected chi connectivity index (χ1v) is 6.73. The maximum atomic E-state index is 12.3. The number of nitrogens with one attached hydrogen (secondary N) is 1. The summed E-state index contributed by atoms with van der Waals surface area (Å²) in [6.07, 6.45) is 0.678. The van der Waals surface area contributed by atoms with Crippen LogP contribution in [0.4, 0.5) is 0 Å². The van der Waals surface area contributed by atoms with Gasteiger partial charge in [-0.15, -0.1) is 12.4 Å². The monoisotopic (exact) mass is 292 g/mol. The average molecular weight is 293 g/mol. The maximum Gasteiger partial charge on any atom is 0.240 e. The molecule has 1 aliphatic carbocycles. The highest BCUT2D eigenvalue weighted by Crippen LogP contribution is 2.49. The third kappa shape index (κ3) is 3.61. The van der Waals surface area contributed by atoms with Crippen LogP contribution >= 0.6 is 12.4 Å². The minimum atomic E-state index is -0.807. The van der Waals surface area contributed by atoms with E-state index in [-0.39, 0.29) is 35.2 Å². The molecule has 19 heavy (non-hydrogen) atoms. The van der Waals surface area contributed by atoms with Gasteiger partial charge in [-0.2, -0.15) is 0 Å². The summed E-state index contributed by atoms with van der Waals surface area (Å²) in [5, 5.41) is 2.96. The molecule has 1 rings (SSSR count). The summed E-state index contributed by atoms with van der Waals surface area (Å²) >= 11 is 0. The first kappa shape index (κ1) is 18.7. The van der Waals surface area contributed by atoms with E-state index in [0.717, 1.165) is 0 Å². The van der Waals surface area contributed by atoms with E-state index in [1.54, 1.807) is 0 Å². The Morgan fingerprint density at radius 2 is 1.95 bits per heavy atom. The molecule has 3 N–H and O–H groups in total. The number of ether oxygens (including phenoxy) is 1. The van der Waals surface area contributed by atoms with Crippen LogP contribution in [0.1, 0.15) is 48.0 Å². The maximum absolute atomic E-state index is 12.3. The molecule has 0 aromatic carbocycles. The second kappa shape index (κ2) is 5.98. The number of carbonyl (C=O) groups excluding carboxylic acids is 1. The summed E-state index contributed by atoms with van der Waals surface area (Å²) in [5.74, 6) is -0.0571. The SMILES string of the molecule is CCOC1CC(N)(C(=O)NCC(C)(C)C)C1(C)C.Cl. The van der Waals surface area contributed by atoms with E-state index in [9.17, 15) is 4.79 Å². The second-order valence-electron chi connectivity index (χ2n) is 7.08. The van der Waals surface area contributed by atoms with E-state index in [1.807, 2.05) is 20.8 Å². The Labute approximate surface area is 123 Å². The van der Waals surface area contributed by atoms with Crippen LogP contribution in [0.3, 0.4) is 0 Å². The molecule has 0 spiro atoms. The average Bonchev–Trinajstić information content (AvgIpc) is 2.24. The predicted molar refractivity (Wildman–Crippen MR) is 80.4 cm³/mol. The fourth-order valence-corrected chi connectivity index (χ4v) is 2.32. The van der Waals surface area contributed by atoms with E-state index in [0.29, 0.717) is 19.6 Å². The minimum Gasteiger partial charge on any atom is -0.378 e. The van der Waals surface area contributed by atoms with Gasteiger partial charge >= 0.3 is 0 Å². The molecule has 1 saturated carbocycles. The van der Waals surface area contributed by atoms with E-state index in [4.69, 9.17) is 10.5 Å². The Morgan fingerprint density at radius 1 is 1.42 bits per heavy atom. The van der Waals surface area contributed by atoms with Gasteiger partial charge in [0.05, 0.1) is 6.10 Å². The zero-order valence-electron chi connectivity index (χ0n) is 13.0. The number of carbonyl (C=O) groups is 1. The van der Waals surface area contributed by atoms with Gasteiger partial charge in [-0.05, 0) is 12.3 Å². The molecule has 114 valence electrons. The molecular formula is C14H29ClN2O2. The van der Waals surface area contributed by atoms with Crippen LogP contribution in [-0.4, -0.2) is 30.7 Å². The van der Waals surface area contributed by atoms with Crippen LogP contribution in [0.2, 0.25) is 0 Å². The zero-order valence-corrected chi connectivity index (χ0v) is 13.8. The van der Waals surface area contributed by atoms with Gasteiger partial charge in [0.1, 0.15) is 5.54 Å². The van der Waals surface area contributed by atoms with Crippen molar-refractivity contribution in [3.8, 4) is 0 Å². The van der Waals surface area contributed by atoms with Gasteiger partial charge in [0.15, 0.2) is 0 Å². The molecule has 0 aromatic rings. The fraction of sp³-hybridized carbons (Fsp3) is 0.929. The lowest BCUT2D eigenvalue weighted by Crippen LogP contribution is -2.76. The summed E-state index contributed by atoms with van der Waals surface area (Å²) in [7, 11) is 0. The number of hydrogen-bond acceptors (Lipinski definition) is 3. The van der Waals surface area contributed by atoms with Gasteiger partial charge < -0.3 is 15.8 Å². The first-order chi connectivity index (χ1) is 8.04. The van der Waals surface area contributed by atoms with Crippen molar-refractivity contribution in [2.45, 2.75) is 59.6 Å². The van der Waals surface area contributed by atoms with Crippen molar-refractivity contribution in [3.05, 3.63) is 0 Å². The molecule has 1 amide bonds. The third-order valence-corrected chi connectivity index (χ3v) is 4.01. The predicted octanol–water partition coefficient (Wildman–Crippen LogP) is 2.10. The normalized spacial score (nSPS) is 29.1. The van der Waals surface area contributed by atoms with Crippen LogP contribution in [0.25, 0.3) is 0 Å². The number of hydrogen-bond donors (Lipinski definition) is 2. The van der Waals surface area contributed by atoms with Crippen LogP contribution in [0.15, 0.2) is 0 Å². The van der Waals surface area contributed by atoms with Gasteiger partial charge in [0.2, 0.25) is 5.91 Å². The summed E-state index contributed by atoms with van der Waals surface area (Å²) in [4.78, 5) is 12.3. The van der Waals surface area contributed by atoms with Crippen molar-refractivity contribution in [2.75, 3.05) is 13.2 Å². The molecular weight excluding hydrogens is 264 g/mol. The van der Waals surface area contributed by atoms with Crippen molar-refractivity contribution < 1.29 is 9.53 Å². The van der Waals surface area contributed by atoms with Crippen molar-refractivity contribution in [3.63, 3.8) is 0 Å². The number of rotatable bonds is 4. The van der Waals surface area contributed by atoms with Crippen LogP contribution in [0.5, 0.6) is 0 Å². The quantitative estimate of drug-likeness (QED) is 0.834. The van der Waals surface area contributed by atoms with Crippen molar-refractivity contribution in [1.82, 2.24) is 5.32 Å². The summed E-state index contributed by atoms with van der Waals surface area (Å²) < 4.78 is 5.62. The Kier molecular flexibility index (Phi) is 5.88. The van der Waals surface area contributed by atoms with Crippen LogP contribution < -0.4 is 11.1 Å². The number of amides is 1. The Morgan fingerprint density at radius 3 is 2.32 bits per heavy atom. The van der Waals surface area contributed by atoms with Gasteiger partial charge in [-0.3, -0.25) is 4.79 Å². The van der Waals surface area contributed by atoms with E-state index >= 15 is 0 Å². The highest BCUT2D eigenvalue weighted by molar-refractivity contribution is 5.88. The fourth-order valence-electron chi connectivity index (χ4n) is 2.32. The van der Waals surface area contributed by atoms with E-state index in [2.05, 4.69) is 26.1 Å². The summed E-state index contributed by atoms with van der Waals surface area (Å²) in [6.45, 7) is 13.5. The zero-order chi connectivity index (χ0) is 14.2. The molecule has 0 saturated heterocycles. The van der Waals surface area contributed by atoms with E-state index in [1.165, 1.54) is 0 Å². The van der Waals surface area contributed by atoms with Crippen molar-refractivity contribution in [1.29, 1.82) is 0 Å². The largest absolute Gasteiger partial charge is 0.378 e. The highest BCUT2D eigenvalue weighted by Gasteiger charge is 2.62. The van der Waals surface area contributed by atoms with Gasteiger partial charge in [-0.25, -0.2) is 0 Å². The molecule has 1 aliphatic rings. The summed E-state index contributed by atoms with van der Waals surface area (Å²) in [5.41, 5.74) is 5.23. The molecule has 4 nitrogen and oxygen atoms in total. The van der Waals surface area contributed by atoms with Gasteiger partial charge in [-0.1, -0.05) is 34.6 Å². The lowest BCUT2D eigenvalue weighted by atomic mass is 9.54. The van der Waals surface area contributed by atoms with Crippen molar-refractivity contribution >= 4 is 18.3 Å². The molecule has 1 fully saturated rings. The molecule has 0 aromatic heterocycles. The molecule has 5 heteroatoms. The molecule has 2 atom stereocenters. The lowest BCUT2D eigenvalue weighted by molar-refractivity contribution is -0.170. The van der Waals surface area contributed by atoms with Gasteiger partial charge in [0, 0.05) is 25.0 Å². The standard InChI is InChI=1S/C14H28N2O2.ClH/c1-7-18-10-8-14(15,13(10,5)6)11(17)16-9-12(2,3)4;/h10H,7-9,15H2,1-6H3,(H,16,17);1H. The Bertz CT molecular complexity index is 326. The van der Waals surface area contributed by atoms with E-state index < -0.39 is 5.54 Å². The smallest absolute Gasteiger partial charge is 0.240 e. The molecule has 2 unspecified atom stereocenters. The number of halogens is 1. The van der Waals surface area contributed by atoms with Crippen molar-refractivity contribution in [2.24, 2.45) is 16.6 Å². The number of nitrogens with two attached hydrogens (primary N) is 1. The minimum absolute atomic E-state index is 0. The lowest BCUT2D eigenvalue weighted by Gasteiger charge is -2.57. The third-order valence-electron chi connectivity index (χ3n) is 4.01. The molecule has 0 bridgehead atoms. The molecule has 0 heterocycles. The topological polar surface area (TPSA) is 64.3 Å². The molecule has 0 radical (unpaired) electrons. The van der Waals surface area contributed by atoms with Crippen LogP contribution in [-0.2, 0) is 9.53 Å². The second-order valence-corrected chi connectivity index (χ2v) is 7.08. The van der Waals surface area contributed by atoms with Crippen LogP contribution in [0, 0.1) is 10.8 Å². The Balaban J connectivity index is 0.00000324. The first-order valence-electron chi connectivity index (χ1n) is 6.73. The highest BCUT2D eigenvalue weighted by atomic mass is 35.5. The Hall–Kier alpha value is -0.320. The summed E-state index contributed by atoms with van der Waals surface area (Å²) in [6, 6.07) is 0.